The second-order valence-corrected chi connectivity index (χ2v) is 17.9. The first-order valence-electron chi connectivity index (χ1n) is 20.7. The van der Waals surface area contributed by atoms with Crippen LogP contribution in [0.4, 0.5) is 17.1 Å². The van der Waals surface area contributed by atoms with Gasteiger partial charge in [0.15, 0.2) is 0 Å². The molecule has 12 rings (SSSR count). The largest absolute Gasteiger partial charge is 0.310 e. The molecule has 0 amide bonds. The Labute approximate surface area is 362 Å². The van der Waals surface area contributed by atoms with E-state index in [0.717, 1.165) is 17.1 Å². The van der Waals surface area contributed by atoms with Gasteiger partial charge in [-0.25, -0.2) is 0 Å². The van der Waals surface area contributed by atoms with Gasteiger partial charge in [0.05, 0.1) is 5.69 Å². The first kappa shape index (κ1) is 35.6. The molecule has 0 atom stereocenters. The molecule has 0 aliphatic rings. The lowest BCUT2D eigenvalue weighted by Crippen LogP contribution is -2.10. The monoisotopic (exact) mass is 811 g/mol. The van der Waals surface area contributed by atoms with Crippen LogP contribution in [0, 0.1) is 0 Å². The minimum absolute atomic E-state index is 1.11. The molecule has 286 valence electrons. The maximum absolute atomic E-state index is 2.39. The van der Waals surface area contributed by atoms with E-state index in [2.05, 4.69) is 229 Å². The normalized spacial score (nSPS) is 11.6. The minimum Gasteiger partial charge on any atom is -0.310 e. The lowest BCUT2D eigenvalue weighted by Gasteiger charge is -2.27. The summed E-state index contributed by atoms with van der Waals surface area (Å²) in [5, 5.41) is 7.68. The summed E-state index contributed by atoms with van der Waals surface area (Å²) < 4.78 is 5.28. The van der Waals surface area contributed by atoms with Gasteiger partial charge in [-0.05, 0) is 135 Å². The zero-order valence-electron chi connectivity index (χ0n) is 33.1. The van der Waals surface area contributed by atoms with Crippen LogP contribution in [0.1, 0.15) is 0 Å². The SMILES string of the molecule is c1ccc(-c2ccc(N(c3ccc(-c4cc(-c5ccc6sc7ccccc7c6c5)cc(-c5ccc6sc7ccccc7c6c5)c4)cc3)c3cccc4ccccc34)cc2)cc1. The van der Waals surface area contributed by atoms with E-state index in [4.69, 9.17) is 0 Å². The van der Waals surface area contributed by atoms with Crippen molar-refractivity contribution in [3.63, 3.8) is 0 Å². The molecule has 0 bridgehead atoms. The molecular formula is C58H37NS2. The second-order valence-electron chi connectivity index (χ2n) is 15.7. The molecule has 0 fully saturated rings. The van der Waals surface area contributed by atoms with Crippen molar-refractivity contribution in [2.75, 3.05) is 4.90 Å². The number of benzene rings is 10. The third kappa shape index (κ3) is 6.38. The first-order valence-corrected chi connectivity index (χ1v) is 22.4. The zero-order chi connectivity index (χ0) is 40.3. The van der Waals surface area contributed by atoms with E-state index >= 15 is 0 Å². The fraction of sp³-hybridized carbons (Fsp3) is 0. The maximum atomic E-state index is 2.39. The molecular weight excluding hydrogens is 775 g/mol. The van der Waals surface area contributed by atoms with Gasteiger partial charge in [0.2, 0.25) is 0 Å². The summed E-state index contributed by atoms with van der Waals surface area (Å²) in [4.78, 5) is 2.39. The van der Waals surface area contributed by atoms with Gasteiger partial charge in [0.25, 0.3) is 0 Å². The zero-order valence-corrected chi connectivity index (χ0v) is 34.8. The molecule has 0 unspecified atom stereocenters. The predicted molar refractivity (Wildman–Crippen MR) is 266 cm³/mol. The van der Waals surface area contributed by atoms with Crippen LogP contribution < -0.4 is 4.90 Å². The van der Waals surface area contributed by atoms with E-state index in [1.54, 1.807) is 0 Å². The molecule has 2 heterocycles. The van der Waals surface area contributed by atoms with Crippen molar-refractivity contribution < 1.29 is 0 Å². The Morgan fingerprint density at radius 3 is 1.23 bits per heavy atom. The number of fused-ring (bicyclic) bond motifs is 7. The predicted octanol–water partition coefficient (Wildman–Crippen LogP) is 17.7. The van der Waals surface area contributed by atoms with Crippen LogP contribution in [0.25, 0.3) is 95.6 Å². The highest BCUT2D eigenvalue weighted by atomic mass is 32.1. The Kier molecular flexibility index (Phi) is 8.62. The van der Waals surface area contributed by atoms with E-state index < -0.39 is 0 Å². The first-order chi connectivity index (χ1) is 30.2. The van der Waals surface area contributed by atoms with Crippen molar-refractivity contribution in [3.05, 3.63) is 224 Å². The Balaban J connectivity index is 0.997. The van der Waals surface area contributed by atoms with Crippen molar-refractivity contribution in [3.8, 4) is 44.5 Å². The summed E-state index contributed by atoms with van der Waals surface area (Å²) in [5.74, 6) is 0. The number of anilines is 3. The molecule has 3 heteroatoms. The van der Waals surface area contributed by atoms with E-state index in [0.29, 0.717) is 0 Å². The van der Waals surface area contributed by atoms with Gasteiger partial charge < -0.3 is 4.90 Å². The number of hydrogen-bond acceptors (Lipinski definition) is 3. The molecule has 0 N–H and O–H groups in total. The van der Waals surface area contributed by atoms with Gasteiger partial charge in [0.1, 0.15) is 0 Å². The molecule has 0 saturated heterocycles. The smallest absolute Gasteiger partial charge is 0.0540 e. The number of nitrogens with zero attached hydrogens (tertiary/aromatic N) is 1. The highest BCUT2D eigenvalue weighted by Gasteiger charge is 2.17. The van der Waals surface area contributed by atoms with Crippen LogP contribution in [0.15, 0.2) is 224 Å². The summed E-state index contributed by atoms with van der Waals surface area (Å²) in [6.07, 6.45) is 0. The molecule has 2 aromatic heterocycles. The maximum Gasteiger partial charge on any atom is 0.0540 e. The number of thiophene rings is 2. The number of hydrogen-bond donors (Lipinski definition) is 0. The highest BCUT2D eigenvalue weighted by Crippen LogP contribution is 2.43. The summed E-state index contributed by atoms with van der Waals surface area (Å²) in [5.41, 5.74) is 13.0. The van der Waals surface area contributed by atoms with Gasteiger partial charge in [-0.1, -0.05) is 140 Å². The van der Waals surface area contributed by atoms with Gasteiger partial charge in [-0.3, -0.25) is 0 Å². The van der Waals surface area contributed by atoms with Crippen molar-refractivity contribution in [1.82, 2.24) is 0 Å². The van der Waals surface area contributed by atoms with Crippen LogP contribution in [-0.4, -0.2) is 0 Å². The Morgan fingerprint density at radius 2 is 0.656 bits per heavy atom. The van der Waals surface area contributed by atoms with Gasteiger partial charge in [-0.2, -0.15) is 0 Å². The molecule has 0 saturated carbocycles. The van der Waals surface area contributed by atoms with Crippen LogP contribution >= 0.6 is 22.7 Å². The minimum atomic E-state index is 1.11. The topological polar surface area (TPSA) is 3.24 Å². The second kappa shape index (κ2) is 14.8. The quantitative estimate of drug-likeness (QED) is 0.155. The summed E-state index contributed by atoms with van der Waals surface area (Å²) in [6.45, 7) is 0. The van der Waals surface area contributed by atoms with Crippen LogP contribution in [0.3, 0.4) is 0 Å². The molecule has 0 aliphatic heterocycles. The van der Waals surface area contributed by atoms with Crippen molar-refractivity contribution in [2.45, 2.75) is 0 Å². The van der Waals surface area contributed by atoms with E-state index in [-0.39, 0.29) is 0 Å². The Morgan fingerprint density at radius 1 is 0.246 bits per heavy atom. The highest BCUT2D eigenvalue weighted by molar-refractivity contribution is 7.26. The number of rotatable bonds is 7. The summed E-state index contributed by atoms with van der Waals surface area (Å²) in [6, 6.07) is 82.6. The fourth-order valence-corrected chi connectivity index (χ4v) is 11.2. The molecule has 61 heavy (non-hydrogen) atoms. The van der Waals surface area contributed by atoms with Crippen LogP contribution in [0.2, 0.25) is 0 Å². The fourth-order valence-electron chi connectivity index (χ4n) is 9.01. The van der Waals surface area contributed by atoms with E-state index in [9.17, 15) is 0 Å². The Bertz CT molecular complexity index is 3440. The molecule has 0 aliphatic carbocycles. The Hall–Kier alpha value is -7.30. The third-order valence-electron chi connectivity index (χ3n) is 12.1. The van der Waals surface area contributed by atoms with Crippen LogP contribution in [0.5, 0.6) is 0 Å². The van der Waals surface area contributed by atoms with Crippen molar-refractivity contribution >= 4 is 90.9 Å². The van der Waals surface area contributed by atoms with Crippen molar-refractivity contribution in [1.29, 1.82) is 0 Å². The third-order valence-corrected chi connectivity index (χ3v) is 14.4. The van der Waals surface area contributed by atoms with Gasteiger partial charge in [0, 0.05) is 57.1 Å². The van der Waals surface area contributed by atoms with Gasteiger partial charge in [-0.15, -0.1) is 22.7 Å². The van der Waals surface area contributed by atoms with Crippen LogP contribution in [-0.2, 0) is 0 Å². The molecule has 10 aromatic carbocycles. The van der Waals surface area contributed by atoms with Gasteiger partial charge >= 0.3 is 0 Å². The lowest BCUT2D eigenvalue weighted by atomic mass is 9.92. The molecule has 12 aromatic rings. The average Bonchev–Trinajstić information content (AvgIpc) is 3.90. The van der Waals surface area contributed by atoms with E-state index in [1.807, 2.05) is 22.7 Å². The average molecular weight is 812 g/mol. The van der Waals surface area contributed by atoms with Crippen molar-refractivity contribution in [2.24, 2.45) is 0 Å². The molecule has 1 nitrogen and oxygen atoms in total. The molecule has 0 radical (unpaired) electrons. The van der Waals surface area contributed by atoms with E-state index in [1.165, 1.54) is 95.6 Å². The molecule has 0 spiro atoms. The summed E-state index contributed by atoms with van der Waals surface area (Å²) in [7, 11) is 0. The standard InChI is InChI=1S/C58H37NS2/c1-2-11-38(12-3-1)39-21-27-47(28-22-39)59(54-18-10-14-41-13-4-5-15-49(41)54)48-29-23-40(24-30-48)44-33-45(42-25-31-57-52(36-42)50-16-6-8-19-55(50)60-57)35-46(34-44)43-26-32-58-53(37-43)51-17-7-9-20-56(51)61-58/h1-37H. The summed E-state index contributed by atoms with van der Waals surface area (Å²) >= 11 is 3.73. The lowest BCUT2D eigenvalue weighted by molar-refractivity contribution is 1.30.